The molecule has 0 amide bonds. The van der Waals surface area contributed by atoms with E-state index < -0.39 is 11.9 Å². The first kappa shape index (κ1) is 9.79. The second-order valence-corrected chi connectivity index (χ2v) is 3.23. The fourth-order valence-corrected chi connectivity index (χ4v) is 1.21. The average molecular weight is 207 g/mol. The highest BCUT2D eigenvalue weighted by Gasteiger charge is 2.04. The summed E-state index contributed by atoms with van der Waals surface area (Å²) in [6.07, 6.45) is 3.34. The van der Waals surface area contributed by atoms with E-state index in [-0.39, 0.29) is 0 Å². The van der Waals surface area contributed by atoms with Gasteiger partial charge in [-0.2, -0.15) is 5.10 Å². The smallest absolute Gasteiger partial charge is 0.161 e. The number of rotatable bonds is 2. The molecule has 78 valence electrons. The molecule has 0 saturated carbocycles. The molecule has 0 radical (unpaired) electrons. The SMILES string of the molecule is C[C@H](O)c1ccc(-n2cc(F)cn2)nc1. The van der Waals surface area contributed by atoms with Crippen molar-refractivity contribution in [2.45, 2.75) is 13.0 Å². The molecular formula is C10H10FN3O. The van der Waals surface area contributed by atoms with Gasteiger partial charge in [0.2, 0.25) is 0 Å². The van der Waals surface area contributed by atoms with Crippen LogP contribution in [0.2, 0.25) is 0 Å². The minimum Gasteiger partial charge on any atom is -0.389 e. The van der Waals surface area contributed by atoms with Crippen molar-refractivity contribution in [1.29, 1.82) is 0 Å². The van der Waals surface area contributed by atoms with E-state index in [1.165, 1.54) is 10.9 Å². The number of nitrogens with zero attached hydrogens (tertiary/aromatic N) is 3. The Bertz CT molecular complexity index is 450. The van der Waals surface area contributed by atoms with Gasteiger partial charge in [-0.3, -0.25) is 0 Å². The Morgan fingerprint density at radius 1 is 1.40 bits per heavy atom. The number of hydrogen-bond donors (Lipinski definition) is 1. The van der Waals surface area contributed by atoms with E-state index in [2.05, 4.69) is 10.1 Å². The highest BCUT2D eigenvalue weighted by atomic mass is 19.1. The van der Waals surface area contributed by atoms with Crippen LogP contribution in [-0.4, -0.2) is 19.9 Å². The van der Waals surface area contributed by atoms with Crippen LogP contribution in [-0.2, 0) is 0 Å². The van der Waals surface area contributed by atoms with Crippen molar-refractivity contribution in [2.75, 3.05) is 0 Å². The molecule has 15 heavy (non-hydrogen) atoms. The molecule has 2 rings (SSSR count). The van der Waals surface area contributed by atoms with Crippen molar-refractivity contribution in [3.05, 3.63) is 42.1 Å². The predicted molar refractivity (Wildman–Crippen MR) is 52.0 cm³/mol. The van der Waals surface area contributed by atoms with Crippen LogP contribution in [0.15, 0.2) is 30.7 Å². The minimum atomic E-state index is -0.555. The maximum absolute atomic E-state index is 12.7. The topological polar surface area (TPSA) is 50.9 Å². The summed E-state index contributed by atoms with van der Waals surface area (Å²) in [6.45, 7) is 1.66. The fraction of sp³-hybridized carbons (Fsp3) is 0.200. The van der Waals surface area contributed by atoms with Gasteiger partial charge in [0.05, 0.1) is 18.5 Å². The lowest BCUT2D eigenvalue weighted by Gasteiger charge is -2.04. The van der Waals surface area contributed by atoms with Gasteiger partial charge in [-0.15, -0.1) is 0 Å². The number of aliphatic hydroxyl groups is 1. The molecule has 2 heterocycles. The third-order valence-electron chi connectivity index (χ3n) is 2.04. The van der Waals surface area contributed by atoms with Crippen molar-refractivity contribution < 1.29 is 9.50 Å². The molecule has 0 unspecified atom stereocenters. The molecule has 4 nitrogen and oxygen atoms in total. The fourth-order valence-electron chi connectivity index (χ4n) is 1.21. The lowest BCUT2D eigenvalue weighted by atomic mass is 10.2. The molecule has 0 fully saturated rings. The molecule has 1 atom stereocenters. The zero-order valence-electron chi connectivity index (χ0n) is 8.13. The van der Waals surface area contributed by atoms with Gasteiger partial charge in [0.25, 0.3) is 0 Å². The lowest BCUT2D eigenvalue weighted by Crippen LogP contribution is -1.99. The van der Waals surface area contributed by atoms with Crippen LogP contribution in [0.5, 0.6) is 0 Å². The van der Waals surface area contributed by atoms with Gasteiger partial charge in [-0.25, -0.2) is 14.1 Å². The van der Waals surface area contributed by atoms with Gasteiger partial charge in [0.1, 0.15) is 0 Å². The summed E-state index contributed by atoms with van der Waals surface area (Å²) in [5, 5.41) is 13.0. The Morgan fingerprint density at radius 3 is 2.67 bits per heavy atom. The van der Waals surface area contributed by atoms with Crippen LogP contribution in [0.25, 0.3) is 5.82 Å². The third-order valence-corrected chi connectivity index (χ3v) is 2.04. The Kier molecular flexibility index (Phi) is 2.47. The lowest BCUT2D eigenvalue weighted by molar-refractivity contribution is 0.199. The maximum atomic E-state index is 12.7. The normalized spacial score (nSPS) is 12.7. The van der Waals surface area contributed by atoms with E-state index in [0.29, 0.717) is 11.4 Å². The zero-order valence-corrected chi connectivity index (χ0v) is 8.13. The first-order chi connectivity index (χ1) is 7.16. The minimum absolute atomic E-state index is 0.406. The summed E-state index contributed by atoms with van der Waals surface area (Å²) in [5.41, 5.74) is 0.714. The second-order valence-electron chi connectivity index (χ2n) is 3.23. The van der Waals surface area contributed by atoms with Crippen LogP contribution in [0.3, 0.4) is 0 Å². The van der Waals surface area contributed by atoms with E-state index in [1.54, 1.807) is 25.3 Å². The molecule has 5 heteroatoms. The van der Waals surface area contributed by atoms with Crippen LogP contribution < -0.4 is 0 Å². The van der Waals surface area contributed by atoms with Gasteiger partial charge >= 0.3 is 0 Å². The highest BCUT2D eigenvalue weighted by molar-refractivity contribution is 5.25. The molecule has 0 aromatic carbocycles. The molecule has 1 N–H and O–H groups in total. The number of halogens is 1. The van der Waals surface area contributed by atoms with Crippen LogP contribution in [0.4, 0.5) is 4.39 Å². The molecule has 2 aromatic rings. The predicted octanol–water partition coefficient (Wildman–Crippen LogP) is 1.46. The summed E-state index contributed by atoms with van der Waals surface area (Å²) in [5.74, 6) is 0.111. The number of pyridine rings is 1. The third kappa shape index (κ3) is 2.02. The van der Waals surface area contributed by atoms with Crippen LogP contribution in [0, 0.1) is 5.82 Å². The number of hydrogen-bond acceptors (Lipinski definition) is 3. The van der Waals surface area contributed by atoms with Crippen molar-refractivity contribution in [3.8, 4) is 5.82 Å². The van der Waals surface area contributed by atoms with E-state index in [0.717, 1.165) is 6.20 Å². The van der Waals surface area contributed by atoms with Gasteiger partial charge in [0, 0.05) is 6.20 Å². The molecule has 2 aromatic heterocycles. The van der Waals surface area contributed by atoms with Gasteiger partial charge in [-0.1, -0.05) is 6.07 Å². The standard InChI is InChI=1S/C10H10FN3O/c1-7(15)8-2-3-10(12-4-8)14-6-9(11)5-13-14/h2-7,15H,1H3/t7-/m0/s1. The summed E-state index contributed by atoms with van der Waals surface area (Å²) in [6, 6.07) is 3.40. The molecular weight excluding hydrogens is 197 g/mol. The Morgan fingerprint density at radius 2 is 2.20 bits per heavy atom. The van der Waals surface area contributed by atoms with E-state index >= 15 is 0 Å². The number of aliphatic hydroxyl groups excluding tert-OH is 1. The summed E-state index contributed by atoms with van der Waals surface area (Å²) < 4.78 is 14.0. The molecule has 0 aliphatic carbocycles. The average Bonchev–Trinajstić information content (AvgIpc) is 2.65. The molecule has 0 aliphatic rings. The molecule has 0 spiro atoms. The molecule has 0 bridgehead atoms. The van der Waals surface area contributed by atoms with Gasteiger partial charge in [-0.05, 0) is 18.6 Å². The Balaban J connectivity index is 2.31. The van der Waals surface area contributed by atoms with E-state index in [1.807, 2.05) is 0 Å². The van der Waals surface area contributed by atoms with Crippen molar-refractivity contribution in [3.63, 3.8) is 0 Å². The van der Waals surface area contributed by atoms with Crippen LogP contribution >= 0.6 is 0 Å². The second kappa shape index (κ2) is 3.78. The largest absolute Gasteiger partial charge is 0.389 e. The monoisotopic (exact) mass is 207 g/mol. The summed E-state index contributed by atoms with van der Waals surface area (Å²) >= 11 is 0. The van der Waals surface area contributed by atoms with Gasteiger partial charge < -0.3 is 5.11 Å². The highest BCUT2D eigenvalue weighted by Crippen LogP contribution is 2.12. The quantitative estimate of drug-likeness (QED) is 0.811. The van der Waals surface area contributed by atoms with Gasteiger partial charge in [0.15, 0.2) is 11.6 Å². The van der Waals surface area contributed by atoms with E-state index in [4.69, 9.17) is 0 Å². The van der Waals surface area contributed by atoms with Crippen molar-refractivity contribution in [1.82, 2.24) is 14.8 Å². The zero-order chi connectivity index (χ0) is 10.8. The summed E-state index contributed by atoms with van der Waals surface area (Å²) in [4.78, 5) is 4.06. The first-order valence-electron chi connectivity index (χ1n) is 4.51. The first-order valence-corrected chi connectivity index (χ1v) is 4.51. The van der Waals surface area contributed by atoms with Crippen molar-refractivity contribution in [2.24, 2.45) is 0 Å². The Hall–Kier alpha value is -1.75. The maximum Gasteiger partial charge on any atom is 0.161 e. The molecule has 0 saturated heterocycles. The van der Waals surface area contributed by atoms with Crippen molar-refractivity contribution >= 4 is 0 Å². The molecule has 0 aliphatic heterocycles. The summed E-state index contributed by atoms with van der Waals surface area (Å²) in [7, 11) is 0. The van der Waals surface area contributed by atoms with E-state index in [9.17, 15) is 9.50 Å². The Labute approximate surface area is 86.0 Å². The van der Waals surface area contributed by atoms with Crippen LogP contribution in [0.1, 0.15) is 18.6 Å². The number of aromatic nitrogens is 3.